The Balaban J connectivity index is 1.16. The van der Waals surface area contributed by atoms with Crippen molar-refractivity contribution < 1.29 is 4.79 Å². The van der Waals surface area contributed by atoms with Crippen LogP contribution in [0, 0.1) is 0 Å². The maximum Gasteiger partial charge on any atom is 0.234 e. The number of benzene rings is 6. The molecule has 6 heteroatoms. The molecule has 0 heterocycles. The molecule has 56 heavy (non-hydrogen) atoms. The van der Waals surface area contributed by atoms with E-state index in [-0.39, 0.29) is 10.7 Å². The van der Waals surface area contributed by atoms with Crippen LogP contribution >= 0.6 is 23.5 Å². The molecule has 0 aromatic heterocycles. The highest BCUT2D eigenvalue weighted by molar-refractivity contribution is 8.00. The molecule has 1 N–H and O–H groups in total. The van der Waals surface area contributed by atoms with Crippen LogP contribution in [0.4, 0.5) is 0 Å². The van der Waals surface area contributed by atoms with E-state index in [2.05, 4.69) is 200 Å². The van der Waals surface area contributed by atoms with Gasteiger partial charge in [-0.25, -0.2) is 0 Å². The monoisotopic (exact) mass is 774 g/mol. The molecule has 0 spiro atoms. The fourth-order valence-electron chi connectivity index (χ4n) is 7.73. The van der Waals surface area contributed by atoms with E-state index in [9.17, 15) is 4.79 Å². The van der Waals surface area contributed by atoms with Gasteiger partial charge >= 0.3 is 0 Å². The zero-order valence-electron chi connectivity index (χ0n) is 32.8. The topological polar surface area (TPSA) is 32.3 Å². The van der Waals surface area contributed by atoms with E-state index in [1.165, 1.54) is 59.0 Å². The Labute approximate surface area is 345 Å². The van der Waals surface area contributed by atoms with Gasteiger partial charge in [-0.05, 0) is 46.3 Å². The van der Waals surface area contributed by atoms with Gasteiger partial charge in [0, 0.05) is 24.6 Å². The van der Waals surface area contributed by atoms with Crippen molar-refractivity contribution in [3.8, 4) is 0 Å². The normalized spacial score (nSPS) is 11.7. The van der Waals surface area contributed by atoms with E-state index < -0.39 is 4.75 Å². The van der Waals surface area contributed by atoms with Crippen molar-refractivity contribution in [1.82, 2.24) is 10.2 Å². The summed E-state index contributed by atoms with van der Waals surface area (Å²) in [5.74, 6) is 1.74. The van der Waals surface area contributed by atoms with Crippen LogP contribution in [0.5, 0.6) is 0 Å². The maximum absolute atomic E-state index is 13.8. The lowest BCUT2D eigenvalue weighted by Gasteiger charge is -2.36. The van der Waals surface area contributed by atoms with Crippen LogP contribution in [0.3, 0.4) is 0 Å². The minimum Gasteiger partial charge on any atom is -0.354 e. The number of nitrogens with one attached hydrogen (secondary N) is 1. The molecule has 0 saturated heterocycles. The molecule has 6 rings (SSSR count). The summed E-state index contributed by atoms with van der Waals surface area (Å²) in [6.07, 6.45) is 6.02. The van der Waals surface area contributed by atoms with Crippen LogP contribution in [0.1, 0.15) is 59.1 Å². The molecule has 0 saturated carbocycles. The van der Waals surface area contributed by atoms with Gasteiger partial charge in [-0.2, -0.15) is 0 Å². The lowest BCUT2D eigenvalue weighted by atomic mass is 9.84. The molecule has 0 bridgehead atoms. The SMILES string of the molecule is BCCCCCCN(CCSC(c1ccccc1)(c1ccccc1)c1ccccc1)CC(=O)NCCSC(c1ccccc1)(c1ccccc1)c1ccccc1. The minimum absolute atomic E-state index is 0.0920. The highest BCUT2D eigenvalue weighted by atomic mass is 32.2. The first-order valence-electron chi connectivity index (χ1n) is 20.3. The highest BCUT2D eigenvalue weighted by Gasteiger charge is 2.38. The number of hydrogen-bond acceptors (Lipinski definition) is 4. The lowest BCUT2D eigenvalue weighted by molar-refractivity contribution is -0.122. The van der Waals surface area contributed by atoms with Gasteiger partial charge < -0.3 is 5.32 Å². The molecule has 0 unspecified atom stereocenters. The fraction of sp³-hybridized carbons (Fsp3) is 0.260. The molecule has 6 aromatic carbocycles. The number of unbranched alkanes of at least 4 members (excludes halogenated alkanes) is 3. The van der Waals surface area contributed by atoms with E-state index >= 15 is 0 Å². The summed E-state index contributed by atoms with van der Waals surface area (Å²) in [5, 5.41) is 3.33. The zero-order chi connectivity index (χ0) is 38.7. The largest absolute Gasteiger partial charge is 0.354 e. The van der Waals surface area contributed by atoms with Crippen LogP contribution in [0.15, 0.2) is 182 Å². The lowest BCUT2D eigenvalue weighted by Crippen LogP contribution is -2.40. The first-order valence-corrected chi connectivity index (χ1v) is 22.2. The molecule has 0 aliphatic heterocycles. The summed E-state index contributed by atoms with van der Waals surface area (Å²) in [4.78, 5) is 16.2. The Morgan fingerprint density at radius 3 is 1.16 bits per heavy atom. The molecule has 0 aliphatic carbocycles. The second-order valence-electron chi connectivity index (χ2n) is 14.3. The standard InChI is InChI=1S/C50H55BN2OS2/c51-35-21-1-2-22-37-53(38-40-56-50(45-29-15-6-16-30-45,46-31-17-7-18-32-46)47-33-19-8-20-34-47)41-48(54)52-36-39-55-49(42-23-9-3-10-24-42,43-25-11-4-12-26-43)44-27-13-5-14-28-44/h3-20,23-34H,1-2,21-22,35-41,51H2,(H,52,54). The summed E-state index contributed by atoms with van der Waals surface area (Å²) in [5.41, 5.74) is 7.50. The van der Waals surface area contributed by atoms with Crippen LogP contribution in [0.2, 0.25) is 6.32 Å². The molecule has 1 amide bonds. The van der Waals surface area contributed by atoms with Crippen molar-refractivity contribution >= 4 is 37.3 Å². The Kier molecular flexibility index (Phi) is 16.0. The van der Waals surface area contributed by atoms with E-state index in [1.54, 1.807) is 0 Å². The van der Waals surface area contributed by atoms with Gasteiger partial charge in [0.2, 0.25) is 5.91 Å². The predicted octanol–water partition coefficient (Wildman–Crippen LogP) is 10.5. The summed E-state index contributed by atoms with van der Waals surface area (Å²) >= 11 is 3.86. The van der Waals surface area contributed by atoms with Crippen molar-refractivity contribution in [3.63, 3.8) is 0 Å². The van der Waals surface area contributed by atoms with Crippen molar-refractivity contribution in [3.05, 3.63) is 215 Å². The van der Waals surface area contributed by atoms with Gasteiger partial charge in [-0.1, -0.05) is 208 Å². The highest BCUT2D eigenvalue weighted by Crippen LogP contribution is 2.49. The Bertz CT molecular complexity index is 1790. The first-order chi connectivity index (χ1) is 27.7. The molecule has 6 aromatic rings. The molecule has 0 fully saturated rings. The summed E-state index contributed by atoms with van der Waals surface area (Å²) in [7, 11) is 2.26. The molecular weight excluding hydrogens is 720 g/mol. The quantitative estimate of drug-likeness (QED) is 0.0423. The van der Waals surface area contributed by atoms with Crippen LogP contribution in [-0.4, -0.2) is 56.3 Å². The average molecular weight is 775 g/mol. The van der Waals surface area contributed by atoms with Crippen LogP contribution < -0.4 is 5.32 Å². The molecule has 0 aliphatic rings. The maximum atomic E-state index is 13.8. The smallest absolute Gasteiger partial charge is 0.234 e. The number of carbonyl (C=O) groups is 1. The fourth-order valence-corrected chi connectivity index (χ4v) is 10.7. The molecular formula is C50H55BN2OS2. The minimum atomic E-state index is -0.404. The number of carbonyl (C=O) groups excluding carboxylic acids is 1. The number of hydrogen-bond donors (Lipinski definition) is 1. The third-order valence-corrected chi connectivity index (χ3v) is 13.6. The second kappa shape index (κ2) is 21.7. The third kappa shape index (κ3) is 10.5. The summed E-state index contributed by atoms with van der Waals surface area (Å²) < 4.78 is -0.780. The van der Waals surface area contributed by atoms with E-state index in [0.29, 0.717) is 13.1 Å². The zero-order valence-corrected chi connectivity index (χ0v) is 34.4. The van der Waals surface area contributed by atoms with Crippen molar-refractivity contribution in [2.24, 2.45) is 0 Å². The van der Waals surface area contributed by atoms with Gasteiger partial charge in [-0.3, -0.25) is 9.69 Å². The Morgan fingerprint density at radius 2 is 0.804 bits per heavy atom. The summed E-state index contributed by atoms with van der Waals surface area (Å²) in [6, 6.07) is 65.0. The van der Waals surface area contributed by atoms with Crippen molar-refractivity contribution in [2.45, 2.75) is 41.5 Å². The second-order valence-corrected chi connectivity index (χ2v) is 16.9. The van der Waals surface area contributed by atoms with E-state index in [0.717, 1.165) is 31.0 Å². The van der Waals surface area contributed by atoms with Gasteiger partial charge in [0.15, 0.2) is 0 Å². The molecule has 286 valence electrons. The Hall–Kier alpha value is -4.49. The van der Waals surface area contributed by atoms with E-state index in [1.807, 2.05) is 23.5 Å². The van der Waals surface area contributed by atoms with Crippen molar-refractivity contribution in [2.75, 3.05) is 37.7 Å². The van der Waals surface area contributed by atoms with Crippen LogP contribution in [-0.2, 0) is 14.3 Å². The summed E-state index contributed by atoms with van der Waals surface area (Å²) in [6.45, 7) is 2.74. The first kappa shape index (κ1) is 41.2. The number of nitrogens with zero attached hydrogens (tertiary/aromatic N) is 1. The average Bonchev–Trinajstić information content (AvgIpc) is 3.27. The molecule has 3 nitrogen and oxygen atoms in total. The molecule has 0 atom stereocenters. The number of amides is 1. The van der Waals surface area contributed by atoms with Gasteiger partial charge in [-0.15, -0.1) is 23.5 Å². The van der Waals surface area contributed by atoms with Gasteiger partial charge in [0.05, 0.1) is 16.0 Å². The molecule has 0 radical (unpaired) electrons. The number of thioether (sulfide) groups is 2. The number of rotatable bonds is 22. The third-order valence-electron chi connectivity index (χ3n) is 10.5. The van der Waals surface area contributed by atoms with E-state index in [4.69, 9.17) is 0 Å². The van der Waals surface area contributed by atoms with Gasteiger partial charge in [0.1, 0.15) is 7.85 Å². The Morgan fingerprint density at radius 1 is 0.464 bits per heavy atom. The van der Waals surface area contributed by atoms with Gasteiger partial charge in [0.25, 0.3) is 0 Å². The van der Waals surface area contributed by atoms with Crippen LogP contribution in [0.25, 0.3) is 0 Å². The van der Waals surface area contributed by atoms with Crippen molar-refractivity contribution in [1.29, 1.82) is 0 Å². The predicted molar refractivity (Wildman–Crippen MR) is 245 cm³/mol.